The number of hydrogen-bond donors (Lipinski definition) is 1. The van der Waals surface area contributed by atoms with E-state index in [2.05, 4.69) is 11.5 Å². The van der Waals surface area contributed by atoms with Crippen LogP contribution in [0.5, 0.6) is 5.75 Å². The maximum atomic E-state index is 13.3. The van der Waals surface area contributed by atoms with Crippen molar-refractivity contribution in [2.75, 3.05) is 26.2 Å². The highest BCUT2D eigenvalue weighted by atomic mass is 32.2. The summed E-state index contributed by atoms with van der Waals surface area (Å²) < 4.78 is 32.7. The Morgan fingerprint density at radius 2 is 1.66 bits per heavy atom. The average molecular weight is 581 g/mol. The maximum absolute atomic E-state index is 13.3. The van der Waals surface area contributed by atoms with Crippen molar-refractivity contribution in [3.63, 3.8) is 0 Å². The predicted octanol–water partition coefficient (Wildman–Crippen LogP) is 5.26. The van der Waals surface area contributed by atoms with E-state index in [1.165, 1.54) is 56.0 Å². The molecule has 1 N–H and O–H groups in total. The Bertz CT molecular complexity index is 1350. The van der Waals surface area contributed by atoms with Crippen LogP contribution in [-0.2, 0) is 9.84 Å². The molecule has 2 heterocycles. The number of fused-ring (bicyclic) bond motifs is 1. The van der Waals surface area contributed by atoms with Crippen LogP contribution < -0.4 is 4.74 Å². The van der Waals surface area contributed by atoms with Crippen LogP contribution in [0.15, 0.2) is 66.1 Å². The molecule has 220 valence electrons. The van der Waals surface area contributed by atoms with Crippen molar-refractivity contribution in [1.82, 2.24) is 9.80 Å². The molecular formula is C32H40N2O6S. The Balaban J connectivity index is 1.13. The standard InChI is InChI=1S/C32H40N2O6S/c1-2-30(41(38,39)28-10-5-8-26(21-28)32(36)37)33-19-16-23(17-20-33)22-40-27-14-12-25(13-15-27)31(35)34-18-6-9-24-7-3-4-11-29(24)34/h2,5,8,10,12-15,21,23-24,29-30H,1,3-4,6-7,9,11,16-20,22H2,(H,36,37). The maximum Gasteiger partial charge on any atom is 0.335 e. The molecule has 3 fully saturated rings. The van der Waals surface area contributed by atoms with Gasteiger partial charge < -0.3 is 14.7 Å². The quantitative estimate of drug-likeness (QED) is 0.404. The van der Waals surface area contributed by atoms with Gasteiger partial charge in [0.15, 0.2) is 9.84 Å². The number of hydrogen-bond acceptors (Lipinski definition) is 6. The predicted molar refractivity (Wildman–Crippen MR) is 157 cm³/mol. The van der Waals surface area contributed by atoms with Crippen molar-refractivity contribution < 1.29 is 27.9 Å². The highest BCUT2D eigenvalue weighted by Crippen LogP contribution is 2.36. The summed E-state index contributed by atoms with van der Waals surface area (Å²) in [5, 5.41) is 8.33. The average Bonchev–Trinajstić information content (AvgIpc) is 3.00. The zero-order valence-electron chi connectivity index (χ0n) is 23.5. The van der Waals surface area contributed by atoms with E-state index in [1.807, 2.05) is 29.2 Å². The van der Waals surface area contributed by atoms with Gasteiger partial charge in [0.25, 0.3) is 5.91 Å². The van der Waals surface area contributed by atoms with Crippen LogP contribution in [0, 0.1) is 11.8 Å². The van der Waals surface area contributed by atoms with E-state index >= 15 is 0 Å². The minimum absolute atomic E-state index is 0.0199. The fourth-order valence-corrected chi connectivity index (χ4v) is 8.44. The SMILES string of the molecule is C=CC(N1CCC(COc2ccc(C(=O)N3CCCC4CCCCC43)cc2)CC1)S(=O)(=O)c1cccc(C(=O)O)c1. The van der Waals surface area contributed by atoms with Crippen LogP contribution in [0.4, 0.5) is 0 Å². The minimum Gasteiger partial charge on any atom is -0.493 e. The van der Waals surface area contributed by atoms with Gasteiger partial charge in [-0.3, -0.25) is 9.69 Å². The van der Waals surface area contributed by atoms with Gasteiger partial charge >= 0.3 is 5.97 Å². The van der Waals surface area contributed by atoms with Gasteiger partial charge in [-0.05, 0) is 92.8 Å². The molecule has 0 bridgehead atoms. The van der Waals surface area contributed by atoms with Crippen LogP contribution in [0.25, 0.3) is 0 Å². The third kappa shape index (κ3) is 6.51. The Hall–Kier alpha value is -3.17. The molecule has 5 rings (SSSR count). The number of rotatable bonds is 9. The molecule has 2 aromatic carbocycles. The molecule has 3 atom stereocenters. The van der Waals surface area contributed by atoms with Gasteiger partial charge in [-0.1, -0.05) is 25.0 Å². The summed E-state index contributed by atoms with van der Waals surface area (Å²) in [6.07, 6.45) is 10.1. The lowest BCUT2D eigenvalue weighted by atomic mass is 9.78. The van der Waals surface area contributed by atoms with Crippen LogP contribution in [0.2, 0.25) is 0 Å². The fraction of sp³-hybridized carbons (Fsp3) is 0.500. The van der Waals surface area contributed by atoms with Crippen molar-refractivity contribution in [2.45, 2.75) is 67.7 Å². The number of sulfone groups is 1. The van der Waals surface area contributed by atoms with Gasteiger partial charge in [0.2, 0.25) is 0 Å². The number of nitrogens with zero attached hydrogens (tertiary/aromatic N) is 2. The van der Waals surface area contributed by atoms with Gasteiger partial charge in [0.1, 0.15) is 11.1 Å². The summed E-state index contributed by atoms with van der Waals surface area (Å²) in [5.41, 5.74) is 0.647. The lowest BCUT2D eigenvalue weighted by Crippen LogP contribution is -2.49. The van der Waals surface area contributed by atoms with E-state index in [-0.39, 0.29) is 22.3 Å². The van der Waals surface area contributed by atoms with E-state index in [0.717, 1.165) is 38.0 Å². The fourth-order valence-electron chi connectivity index (χ4n) is 6.74. The van der Waals surface area contributed by atoms with Crippen molar-refractivity contribution in [3.05, 3.63) is 72.3 Å². The molecule has 2 aliphatic heterocycles. The number of carboxylic acids is 1. The van der Waals surface area contributed by atoms with Crippen molar-refractivity contribution >= 4 is 21.7 Å². The minimum atomic E-state index is -3.82. The number of benzene rings is 2. The molecule has 2 saturated heterocycles. The largest absolute Gasteiger partial charge is 0.493 e. The first-order valence-electron chi connectivity index (χ1n) is 14.8. The second-order valence-electron chi connectivity index (χ2n) is 11.6. The van der Waals surface area contributed by atoms with Crippen LogP contribution >= 0.6 is 0 Å². The van der Waals surface area contributed by atoms with E-state index in [9.17, 15) is 23.1 Å². The first-order chi connectivity index (χ1) is 19.8. The second kappa shape index (κ2) is 12.8. The first-order valence-corrected chi connectivity index (χ1v) is 16.3. The van der Waals surface area contributed by atoms with E-state index in [0.29, 0.717) is 37.2 Å². The summed E-state index contributed by atoms with van der Waals surface area (Å²) in [6, 6.07) is 13.3. The van der Waals surface area contributed by atoms with Crippen molar-refractivity contribution in [2.24, 2.45) is 11.8 Å². The Kier molecular flexibility index (Phi) is 9.14. The number of ether oxygens (including phenoxy) is 1. The normalized spacial score (nSPS) is 22.9. The summed E-state index contributed by atoms with van der Waals surface area (Å²) >= 11 is 0. The van der Waals surface area contributed by atoms with Crippen LogP contribution in [0.1, 0.15) is 72.1 Å². The smallest absolute Gasteiger partial charge is 0.335 e. The molecular weight excluding hydrogens is 540 g/mol. The lowest BCUT2D eigenvalue weighted by molar-refractivity contribution is 0.0390. The highest BCUT2D eigenvalue weighted by molar-refractivity contribution is 7.92. The lowest BCUT2D eigenvalue weighted by Gasteiger charge is -2.44. The molecule has 1 saturated carbocycles. The van der Waals surface area contributed by atoms with E-state index < -0.39 is 21.2 Å². The Morgan fingerprint density at radius 3 is 2.37 bits per heavy atom. The number of carbonyl (C=O) groups excluding carboxylic acids is 1. The van der Waals surface area contributed by atoms with E-state index in [1.54, 1.807) is 0 Å². The number of carbonyl (C=O) groups is 2. The molecule has 0 radical (unpaired) electrons. The topological polar surface area (TPSA) is 104 Å². The zero-order chi connectivity index (χ0) is 29.0. The third-order valence-corrected chi connectivity index (χ3v) is 11.1. The molecule has 2 aromatic rings. The summed E-state index contributed by atoms with van der Waals surface area (Å²) in [4.78, 5) is 28.6. The number of aromatic carboxylic acids is 1. The number of carboxylic acid groups (broad SMARTS) is 1. The summed E-state index contributed by atoms with van der Waals surface area (Å²) in [6.45, 7) is 6.25. The molecule has 8 nitrogen and oxygen atoms in total. The molecule has 3 unspecified atom stereocenters. The third-order valence-electron chi connectivity index (χ3n) is 9.03. The Morgan fingerprint density at radius 1 is 0.951 bits per heavy atom. The van der Waals surface area contributed by atoms with Gasteiger partial charge in [-0.2, -0.15) is 0 Å². The number of amides is 1. The van der Waals surface area contributed by atoms with Crippen LogP contribution in [-0.4, -0.2) is 72.9 Å². The summed E-state index contributed by atoms with van der Waals surface area (Å²) in [7, 11) is -3.82. The van der Waals surface area contributed by atoms with Crippen molar-refractivity contribution in [3.8, 4) is 5.75 Å². The molecule has 41 heavy (non-hydrogen) atoms. The molecule has 1 aliphatic carbocycles. The van der Waals surface area contributed by atoms with Gasteiger partial charge in [0, 0.05) is 31.2 Å². The molecule has 9 heteroatoms. The van der Waals surface area contributed by atoms with E-state index in [4.69, 9.17) is 4.74 Å². The number of piperidine rings is 2. The highest BCUT2D eigenvalue weighted by Gasteiger charge is 2.36. The molecule has 3 aliphatic rings. The molecule has 1 amide bonds. The monoisotopic (exact) mass is 580 g/mol. The van der Waals surface area contributed by atoms with Gasteiger partial charge in [-0.25, -0.2) is 13.2 Å². The molecule has 0 spiro atoms. The molecule has 0 aromatic heterocycles. The first kappa shape index (κ1) is 29.3. The zero-order valence-corrected chi connectivity index (χ0v) is 24.3. The number of likely N-dealkylation sites (tertiary alicyclic amines) is 2. The van der Waals surface area contributed by atoms with Gasteiger partial charge in [-0.15, -0.1) is 6.58 Å². The van der Waals surface area contributed by atoms with Crippen LogP contribution in [0.3, 0.4) is 0 Å². The Labute approximate surface area is 242 Å². The second-order valence-corrected chi connectivity index (χ2v) is 13.6. The summed E-state index contributed by atoms with van der Waals surface area (Å²) in [5.74, 6) is 0.608. The van der Waals surface area contributed by atoms with Gasteiger partial charge in [0.05, 0.1) is 17.1 Å². The van der Waals surface area contributed by atoms with Crippen molar-refractivity contribution in [1.29, 1.82) is 0 Å².